The molecule has 0 unspecified atom stereocenters. The van der Waals surface area contributed by atoms with Crippen molar-refractivity contribution in [3.05, 3.63) is 24.0 Å². The van der Waals surface area contributed by atoms with Crippen LogP contribution in [0.5, 0.6) is 0 Å². The molecule has 0 aromatic heterocycles. The van der Waals surface area contributed by atoms with Crippen molar-refractivity contribution in [2.24, 2.45) is 0 Å². The third-order valence-electron chi connectivity index (χ3n) is 3.83. The Labute approximate surface area is 137 Å². The quantitative estimate of drug-likeness (QED) is 0.742. The monoisotopic (exact) mass is 322 g/mol. The zero-order valence-electron chi connectivity index (χ0n) is 14.2. The van der Waals surface area contributed by atoms with E-state index in [1.54, 1.807) is 32.9 Å². The molecule has 0 spiro atoms. The minimum atomic E-state index is -0.650. The number of benzene rings is 1. The standard InChI is InChI=1S/C18H27FN2O2/c1-18(2,3)23-17(22)21-16-12-14(10-11-15(16)19)20-13-8-6-4-5-7-9-13/h10-13,20H,4-9H2,1-3H3,(H,21,22). The molecule has 1 amide bonds. The fourth-order valence-corrected chi connectivity index (χ4v) is 2.78. The van der Waals surface area contributed by atoms with E-state index in [4.69, 9.17) is 4.74 Å². The van der Waals surface area contributed by atoms with Gasteiger partial charge in [-0.25, -0.2) is 9.18 Å². The Bertz CT molecular complexity index is 532. The van der Waals surface area contributed by atoms with Gasteiger partial charge in [-0.2, -0.15) is 0 Å². The molecule has 0 aliphatic heterocycles. The molecule has 5 heteroatoms. The van der Waals surface area contributed by atoms with E-state index >= 15 is 0 Å². The first-order valence-electron chi connectivity index (χ1n) is 8.39. The zero-order valence-corrected chi connectivity index (χ0v) is 14.2. The second-order valence-electron chi connectivity index (χ2n) is 7.15. The molecule has 23 heavy (non-hydrogen) atoms. The first-order chi connectivity index (χ1) is 10.8. The lowest BCUT2D eigenvalue weighted by atomic mass is 10.1. The van der Waals surface area contributed by atoms with Gasteiger partial charge < -0.3 is 10.1 Å². The molecule has 0 radical (unpaired) electrons. The van der Waals surface area contributed by atoms with Gasteiger partial charge in [0.1, 0.15) is 11.4 Å². The maximum atomic E-state index is 13.9. The maximum absolute atomic E-state index is 13.9. The highest BCUT2D eigenvalue weighted by molar-refractivity contribution is 5.85. The molecule has 1 saturated carbocycles. The van der Waals surface area contributed by atoms with Crippen molar-refractivity contribution in [1.82, 2.24) is 0 Å². The van der Waals surface area contributed by atoms with Gasteiger partial charge in [0.2, 0.25) is 0 Å². The van der Waals surface area contributed by atoms with Gasteiger partial charge in [-0.05, 0) is 51.8 Å². The van der Waals surface area contributed by atoms with Crippen LogP contribution in [0, 0.1) is 5.82 Å². The predicted octanol–water partition coefficient (Wildman–Crippen LogP) is 5.31. The highest BCUT2D eigenvalue weighted by Crippen LogP contribution is 2.25. The number of amides is 1. The summed E-state index contributed by atoms with van der Waals surface area (Å²) in [5.74, 6) is -0.470. The first kappa shape index (κ1) is 17.6. The fraction of sp³-hybridized carbons (Fsp3) is 0.611. The van der Waals surface area contributed by atoms with Crippen molar-refractivity contribution >= 4 is 17.5 Å². The summed E-state index contributed by atoms with van der Waals surface area (Å²) in [6.07, 6.45) is 6.63. The summed E-state index contributed by atoms with van der Waals surface area (Å²) in [6, 6.07) is 5.12. The molecular formula is C18H27FN2O2. The van der Waals surface area contributed by atoms with Crippen molar-refractivity contribution in [2.45, 2.75) is 70.9 Å². The number of carbonyl (C=O) groups excluding carboxylic acids is 1. The molecule has 0 bridgehead atoms. The van der Waals surface area contributed by atoms with Crippen molar-refractivity contribution in [3.8, 4) is 0 Å². The number of anilines is 2. The maximum Gasteiger partial charge on any atom is 0.412 e. The molecule has 0 saturated heterocycles. The largest absolute Gasteiger partial charge is 0.444 e. The molecule has 0 heterocycles. The van der Waals surface area contributed by atoms with Gasteiger partial charge >= 0.3 is 6.09 Å². The molecule has 0 atom stereocenters. The Morgan fingerprint density at radius 1 is 1.17 bits per heavy atom. The van der Waals surface area contributed by atoms with Crippen LogP contribution in [-0.4, -0.2) is 17.7 Å². The van der Waals surface area contributed by atoms with Gasteiger partial charge in [-0.15, -0.1) is 0 Å². The van der Waals surface area contributed by atoms with Crippen LogP contribution in [0.15, 0.2) is 18.2 Å². The highest BCUT2D eigenvalue weighted by Gasteiger charge is 2.18. The number of rotatable bonds is 3. The van der Waals surface area contributed by atoms with Gasteiger partial charge in [0.05, 0.1) is 5.69 Å². The lowest BCUT2D eigenvalue weighted by molar-refractivity contribution is 0.0635. The lowest BCUT2D eigenvalue weighted by Gasteiger charge is -2.21. The Hall–Kier alpha value is -1.78. The van der Waals surface area contributed by atoms with Crippen LogP contribution >= 0.6 is 0 Å². The zero-order chi connectivity index (χ0) is 16.9. The van der Waals surface area contributed by atoms with Crippen LogP contribution in [0.25, 0.3) is 0 Å². The first-order valence-corrected chi connectivity index (χ1v) is 8.39. The smallest absolute Gasteiger partial charge is 0.412 e. The third kappa shape index (κ3) is 6.08. The van der Waals surface area contributed by atoms with Gasteiger partial charge in [0.15, 0.2) is 0 Å². The van der Waals surface area contributed by atoms with E-state index < -0.39 is 17.5 Å². The predicted molar refractivity (Wildman–Crippen MR) is 91.4 cm³/mol. The van der Waals surface area contributed by atoms with Crippen molar-refractivity contribution < 1.29 is 13.9 Å². The van der Waals surface area contributed by atoms with Gasteiger partial charge in [-0.3, -0.25) is 5.32 Å². The Morgan fingerprint density at radius 3 is 2.43 bits per heavy atom. The van der Waals surface area contributed by atoms with Crippen LogP contribution < -0.4 is 10.6 Å². The van der Waals surface area contributed by atoms with Crippen LogP contribution in [-0.2, 0) is 4.74 Å². The average molecular weight is 322 g/mol. The minimum Gasteiger partial charge on any atom is -0.444 e. The van der Waals surface area contributed by atoms with E-state index in [1.165, 1.54) is 31.7 Å². The van der Waals surface area contributed by atoms with Crippen LogP contribution in [0.2, 0.25) is 0 Å². The molecule has 1 aromatic carbocycles. The van der Waals surface area contributed by atoms with Crippen molar-refractivity contribution in [2.75, 3.05) is 10.6 Å². The summed E-state index contributed by atoms with van der Waals surface area (Å²) in [5, 5.41) is 5.93. The Balaban J connectivity index is 2.01. The molecule has 2 N–H and O–H groups in total. The number of ether oxygens (including phenoxy) is 1. The van der Waals surface area contributed by atoms with E-state index in [-0.39, 0.29) is 5.69 Å². The molecule has 4 nitrogen and oxygen atoms in total. The summed E-state index contributed by atoms with van der Waals surface area (Å²) < 4.78 is 19.1. The van der Waals surface area contributed by atoms with E-state index in [9.17, 15) is 9.18 Å². The number of hydrogen-bond acceptors (Lipinski definition) is 3. The number of carbonyl (C=O) groups is 1. The number of nitrogens with one attached hydrogen (secondary N) is 2. The van der Waals surface area contributed by atoms with Gasteiger partial charge in [-0.1, -0.05) is 25.7 Å². The van der Waals surface area contributed by atoms with E-state index in [2.05, 4.69) is 10.6 Å². The number of halogens is 1. The van der Waals surface area contributed by atoms with Gasteiger partial charge in [0, 0.05) is 11.7 Å². The summed E-state index contributed by atoms with van der Waals surface area (Å²) in [6.45, 7) is 5.31. The van der Waals surface area contributed by atoms with Crippen LogP contribution in [0.1, 0.15) is 59.3 Å². The molecule has 2 rings (SSSR count). The molecule has 1 fully saturated rings. The second kappa shape index (κ2) is 7.66. The lowest BCUT2D eigenvalue weighted by Crippen LogP contribution is -2.27. The molecule has 1 aromatic rings. The summed E-state index contributed by atoms with van der Waals surface area (Å²) in [7, 11) is 0. The van der Waals surface area contributed by atoms with Gasteiger partial charge in [0.25, 0.3) is 0 Å². The van der Waals surface area contributed by atoms with E-state index in [0.717, 1.165) is 18.5 Å². The van der Waals surface area contributed by atoms with Crippen molar-refractivity contribution in [1.29, 1.82) is 0 Å². The summed E-state index contributed by atoms with van der Waals surface area (Å²) in [5.41, 5.74) is 0.346. The molecule has 1 aliphatic carbocycles. The Kier molecular flexibility index (Phi) is 5.85. The topological polar surface area (TPSA) is 50.4 Å². The normalized spacial score (nSPS) is 16.5. The second-order valence-corrected chi connectivity index (χ2v) is 7.15. The fourth-order valence-electron chi connectivity index (χ4n) is 2.78. The molecular weight excluding hydrogens is 295 g/mol. The SMILES string of the molecule is CC(C)(C)OC(=O)Nc1cc(NC2CCCCCC2)ccc1F. The van der Waals surface area contributed by atoms with E-state index in [0.29, 0.717) is 6.04 Å². The summed E-state index contributed by atoms with van der Waals surface area (Å²) >= 11 is 0. The average Bonchev–Trinajstić information content (AvgIpc) is 2.69. The van der Waals surface area contributed by atoms with Crippen molar-refractivity contribution in [3.63, 3.8) is 0 Å². The van der Waals surface area contributed by atoms with Crippen LogP contribution in [0.4, 0.5) is 20.6 Å². The summed E-state index contributed by atoms with van der Waals surface area (Å²) in [4.78, 5) is 11.8. The van der Waals surface area contributed by atoms with E-state index in [1.807, 2.05) is 0 Å². The Morgan fingerprint density at radius 2 is 1.83 bits per heavy atom. The van der Waals surface area contributed by atoms with Crippen LogP contribution in [0.3, 0.4) is 0 Å². The number of hydrogen-bond donors (Lipinski definition) is 2. The third-order valence-corrected chi connectivity index (χ3v) is 3.83. The minimum absolute atomic E-state index is 0.137. The molecule has 128 valence electrons. The molecule has 1 aliphatic rings. The highest BCUT2D eigenvalue weighted by atomic mass is 19.1.